The van der Waals surface area contributed by atoms with Crippen LogP contribution in [0.5, 0.6) is 11.5 Å². The highest BCUT2D eigenvalue weighted by molar-refractivity contribution is 5.96. The second kappa shape index (κ2) is 11.3. The van der Waals surface area contributed by atoms with Crippen LogP contribution in [0.3, 0.4) is 0 Å². The molecule has 1 aliphatic rings. The molecule has 0 unspecified atom stereocenters. The number of fused-ring (bicyclic) bond motifs is 1. The second-order valence-electron chi connectivity index (χ2n) is 9.58. The van der Waals surface area contributed by atoms with Crippen LogP contribution in [0.1, 0.15) is 53.8 Å². The van der Waals surface area contributed by atoms with Crippen molar-refractivity contribution >= 4 is 11.8 Å². The molecular formula is C29H34N2O5. The molecule has 0 saturated carbocycles. The van der Waals surface area contributed by atoms with Crippen molar-refractivity contribution in [3.8, 4) is 11.5 Å². The first-order chi connectivity index (χ1) is 17.3. The molecule has 4 rings (SSSR count). The average Bonchev–Trinajstić information content (AvgIpc) is 3.50. The molecule has 7 heteroatoms. The summed E-state index contributed by atoms with van der Waals surface area (Å²) in [6.45, 7) is 9.35. The van der Waals surface area contributed by atoms with E-state index < -0.39 is 0 Å². The summed E-state index contributed by atoms with van der Waals surface area (Å²) in [7, 11) is 0. The van der Waals surface area contributed by atoms with E-state index in [1.54, 1.807) is 9.80 Å². The van der Waals surface area contributed by atoms with Gasteiger partial charge in [-0.1, -0.05) is 39.0 Å². The molecule has 3 aromatic rings. The van der Waals surface area contributed by atoms with Crippen LogP contribution in [-0.4, -0.2) is 41.5 Å². The zero-order valence-electron chi connectivity index (χ0n) is 21.5. The lowest BCUT2D eigenvalue weighted by molar-refractivity contribution is -0.133. The van der Waals surface area contributed by atoms with Gasteiger partial charge < -0.3 is 23.7 Å². The van der Waals surface area contributed by atoms with Crippen LogP contribution in [0.25, 0.3) is 0 Å². The van der Waals surface area contributed by atoms with Gasteiger partial charge in [-0.3, -0.25) is 9.59 Å². The number of benzene rings is 2. The third-order valence-electron chi connectivity index (χ3n) is 6.11. The molecule has 0 atom stereocenters. The molecule has 7 nitrogen and oxygen atoms in total. The van der Waals surface area contributed by atoms with Crippen molar-refractivity contribution in [2.24, 2.45) is 5.92 Å². The molecule has 0 aliphatic carbocycles. The molecule has 0 N–H and O–H groups in total. The topological polar surface area (TPSA) is 72.2 Å². The Morgan fingerprint density at radius 1 is 0.889 bits per heavy atom. The maximum absolute atomic E-state index is 13.7. The minimum Gasteiger partial charge on any atom is -0.464 e. The van der Waals surface area contributed by atoms with E-state index in [9.17, 15) is 9.59 Å². The molecule has 2 aromatic carbocycles. The van der Waals surface area contributed by atoms with Gasteiger partial charge in [0.1, 0.15) is 18.1 Å². The van der Waals surface area contributed by atoms with Crippen LogP contribution in [0.2, 0.25) is 0 Å². The highest BCUT2D eigenvalue weighted by Crippen LogP contribution is 2.33. The molecule has 0 spiro atoms. The van der Waals surface area contributed by atoms with E-state index in [0.717, 1.165) is 17.7 Å². The minimum absolute atomic E-state index is 0.0171. The molecule has 0 saturated heterocycles. The highest BCUT2D eigenvalue weighted by atomic mass is 16.7. The van der Waals surface area contributed by atoms with Crippen molar-refractivity contribution in [3.05, 3.63) is 82.8 Å². The van der Waals surface area contributed by atoms with Crippen molar-refractivity contribution in [2.75, 3.05) is 19.9 Å². The quantitative estimate of drug-likeness (QED) is 0.390. The Morgan fingerprint density at radius 3 is 2.28 bits per heavy atom. The van der Waals surface area contributed by atoms with Crippen molar-refractivity contribution in [3.63, 3.8) is 0 Å². The van der Waals surface area contributed by atoms with Crippen LogP contribution in [0, 0.1) is 12.8 Å². The fourth-order valence-electron chi connectivity index (χ4n) is 4.24. The van der Waals surface area contributed by atoms with Crippen molar-refractivity contribution in [1.82, 2.24) is 9.80 Å². The molecule has 2 amide bonds. The van der Waals surface area contributed by atoms with E-state index in [0.29, 0.717) is 42.5 Å². The number of rotatable bonds is 10. The lowest BCUT2D eigenvalue weighted by atomic mass is 10.1. The number of hydrogen-bond acceptors (Lipinski definition) is 5. The lowest BCUT2D eigenvalue weighted by Gasteiger charge is -2.28. The van der Waals surface area contributed by atoms with E-state index in [-0.39, 0.29) is 31.1 Å². The Bertz CT molecular complexity index is 1200. The summed E-state index contributed by atoms with van der Waals surface area (Å²) in [5.74, 6) is 2.76. The first kappa shape index (κ1) is 25.4. The average molecular weight is 491 g/mol. The van der Waals surface area contributed by atoms with E-state index >= 15 is 0 Å². The van der Waals surface area contributed by atoms with Gasteiger partial charge in [0.25, 0.3) is 5.91 Å². The largest absolute Gasteiger partial charge is 0.464 e. The maximum Gasteiger partial charge on any atom is 0.254 e. The van der Waals surface area contributed by atoms with Gasteiger partial charge in [0.15, 0.2) is 11.5 Å². The van der Waals surface area contributed by atoms with Gasteiger partial charge >= 0.3 is 0 Å². The highest BCUT2D eigenvalue weighted by Gasteiger charge is 2.25. The van der Waals surface area contributed by atoms with Crippen LogP contribution in [0.15, 0.2) is 59.0 Å². The molecule has 0 fully saturated rings. The van der Waals surface area contributed by atoms with Crippen molar-refractivity contribution in [1.29, 1.82) is 0 Å². The van der Waals surface area contributed by atoms with Crippen molar-refractivity contribution < 1.29 is 23.5 Å². The van der Waals surface area contributed by atoms with Crippen molar-refractivity contribution in [2.45, 2.75) is 47.2 Å². The van der Waals surface area contributed by atoms with Gasteiger partial charge in [0.05, 0.1) is 6.54 Å². The maximum atomic E-state index is 13.7. The number of aryl methyl sites for hydroxylation is 2. The number of amides is 2. The summed E-state index contributed by atoms with van der Waals surface area (Å²) in [6, 6.07) is 17.0. The zero-order chi connectivity index (χ0) is 25.7. The number of carbonyl (C=O) groups is 2. The van der Waals surface area contributed by atoms with E-state index in [1.165, 1.54) is 5.56 Å². The number of hydrogen-bond donors (Lipinski definition) is 0. The van der Waals surface area contributed by atoms with Crippen LogP contribution >= 0.6 is 0 Å². The van der Waals surface area contributed by atoms with Gasteiger partial charge in [-0.25, -0.2) is 0 Å². The Kier molecular flexibility index (Phi) is 7.98. The summed E-state index contributed by atoms with van der Waals surface area (Å²) in [6.07, 6.45) is 0.906. The predicted octanol–water partition coefficient (Wildman–Crippen LogP) is 5.21. The summed E-state index contributed by atoms with van der Waals surface area (Å²) in [5.41, 5.74) is 2.67. The van der Waals surface area contributed by atoms with Crippen LogP contribution < -0.4 is 9.47 Å². The fraction of sp³-hybridized carbons (Fsp3) is 0.379. The smallest absolute Gasteiger partial charge is 0.254 e. The summed E-state index contributed by atoms with van der Waals surface area (Å²) in [5, 5.41) is 0. The summed E-state index contributed by atoms with van der Waals surface area (Å²) >= 11 is 0. The second-order valence-corrected chi connectivity index (χ2v) is 9.58. The molecular weight excluding hydrogens is 456 g/mol. The molecule has 1 aliphatic heterocycles. The van der Waals surface area contributed by atoms with E-state index in [1.807, 2.05) is 75.4 Å². The van der Waals surface area contributed by atoms with Gasteiger partial charge in [-0.05, 0) is 66.8 Å². The summed E-state index contributed by atoms with van der Waals surface area (Å²) < 4.78 is 16.7. The zero-order valence-corrected chi connectivity index (χ0v) is 21.5. The first-order valence-corrected chi connectivity index (χ1v) is 12.4. The standard InChI is InChI=1S/C29H34N2O5/c1-5-22-7-10-24(11-8-22)29(33)31(15-20(2)3)18-28(32)30(17-25-12-6-21(4)36-25)16-23-9-13-26-27(14-23)35-19-34-26/h6-14,20H,5,15-19H2,1-4H3. The molecule has 2 heterocycles. The Morgan fingerprint density at radius 2 is 1.61 bits per heavy atom. The van der Waals surface area contributed by atoms with E-state index in [4.69, 9.17) is 13.9 Å². The lowest BCUT2D eigenvalue weighted by Crippen LogP contribution is -2.43. The van der Waals surface area contributed by atoms with Gasteiger partial charge in [-0.2, -0.15) is 0 Å². The normalized spacial score (nSPS) is 12.1. The molecule has 190 valence electrons. The summed E-state index contributed by atoms with van der Waals surface area (Å²) in [4.78, 5) is 30.4. The number of carbonyl (C=O) groups excluding carboxylic acids is 2. The molecule has 0 radical (unpaired) electrons. The number of ether oxygens (including phenoxy) is 2. The minimum atomic E-state index is -0.152. The van der Waals surface area contributed by atoms with Crippen LogP contribution in [-0.2, 0) is 24.3 Å². The SMILES string of the molecule is CCc1ccc(C(=O)N(CC(=O)N(Cc2ccc3c(c2)OCO3)Cc2ccc(C)o2)CC(C)C)cc1. The Hall–Kier alpha value is -3.74. The molecule has 1 aromatic heterocycles. The third-order valence-corrected chi connectivity index (χ3v) is 6.11. The Labute approximate surface area is 212 Å². The number of nitrogens with zero attached hydrogens (tertiary/aromatic N) is 2. The van der Waals surface area contributed by atoms with Gasteiger partial charge in [-0.15, -0.1) is 0 Å². The number of furan rings is 1. The fourth-order valence-corrected chi connectivity index (χ4v) is 4.24. The molecule has 36 heavy (non-hydrogen) atoms. The van der Waals surface area contributed by atoms with Gasteiger partial charge in [0, 0.05) is 18.7 Å². The third kappa shape index (κ3) is 6.27. The monoisotopic (exact) mass is 490 g/mol. The first-order valence-electron chi connectivity index (χ1n) is 12.4. The molecule has 0 bridgehead atoms. The van der Waals surface area contributed by atoms with Crippen LogP contribution in [0.4, 0.5) is 0 Å². The Balaban J connectivity index is 1.55. The predicted molar refractivity (Wildman–Crippen MR) is 137 cm³/mol. The van der Waals surface area contributed by atoms with E-state index in [2.05, 4.69) is 6.92 Å². The van der Waals surface area contributed by atoms with Gasteiger partial charge in [0.2, 0.25) is 12.7 Å².